The molecule has 0 atom stereocenters. The average molecular weight is 550 g/mol. The van der Waals surface area contributed by atoms with Crippen molar-refractivity contribution in [1.82, 2.24) is 15.6 Å². The van der Waals surface area contributed by atoms with Crippen LogP contribution in [0.4, 0.5) is 15.9 Å². The fourth-order valence-corrected chi connectivity index (χ4v) is 4.00. The standard InChI is InChI=1S/C24H31FN6.HI/c1-2-26-24(29-21-5-3-4-6-21)28-18-19-11-12-27-23(17-19)31-15-13-30(14-16-31)22-9-7-20(25)8-10-22;/h3-4,7-12,17,21H,2,5-6,13-16,18H2,1H3,(H2,26,28,29);1H. The molecule has 32 heavy (non-hydrogen) atoms. The van der Waals surface area contributed by atoms with Gasteiger partial charge in [0.25, 0.3) is 0 Å². The number of rotatable bonds is 6. The van der Waals surface area contributed by atoms with E-state index in [0.29, 0.717) is 12.6 Å². The van der Waals surface area contributed by atoms with Crippen molar-refractivity contribution >= 4 is 41.4 Å². The lowest BCUT2D eigenvalue weighted by Crippen LogP contribution is -2.46. The van der Waals surface area contributed by atoms with Gasteiger partial charge in [-0.2, -0.15) is 0 Å². The monoisotopic (exact) mass is 550 g/mol. The zero-order chi connectivity index (χ0) is 21.5. The summed E-state index contributed by atoms with van der Waals surface area (Å²) in [5.41, 5.74) is 2.21. The number of nitrogens with zero attached hydrogens (tertiary/aromatic N) is 4. The third-order valence-corrected chi connectivity index (χ3v) is 5.72. The van der Waals surface area contributed by atoms with E-state index in [2.05, 4.69) is 50.6 Å². The third kappa shape index (κ3) is 6.57. The van der Waals surface area contributed by atoms with E-state index in [1.165, 1.54) is 12.1 Å². The second-order valence-electron chi connectivity index (χ2n) is 7.95. The van der Waals surface area contributed by atoms with Crippen LogP contribution in [0.3, 0.4) is 0 Å². The highest BCUT2D eigenvalue weighted by atomic mass is 127. The Morgan fingerprint density at radius 3 is 2.44 bits per heavy atom. The van der Waals surface area contributed by atoms with Gasteiger partial charge in [-0.1, -0.05) is 12.2 Å². The Bertz CT molecular complexity index is 901. The molecule has 1 aliphatic heterocycles. The topological polar surface area (TPSA) is 55.8 Å². The molecule has 172 valence electrons. The van der Waals surface area contributed by atoms with Crippen LogP contribution in [0.15, 0.2) is 59.7 Å². The van der Waals surface area contributed by atoms with Crippen molar-refractivity contribution in [1.29, 1.82) is 0 Å². The number of hydrogen-bond donors (Lipinski definition) is 2. The number of aliphatic imine (C=N–C) groups is 1. The molecule has 2 N–H and O–H groups in total. The Morgan fingerprint density at radius 2 is 1.75 bits per heavy atom. The summed E-state index contributed by atoms with van der Waals surface area (Å²) in [4.78, 5) is 14.0. The maximum Gasteiger partial charge on any atom is 0.191 e. The van der Waals surface area contributed by atoms with Gasteiger partial charge in [0.15, 0.2) is 5.96 Å². The Hall–Kier alpha value is -2.36. The van der Waals surface area contributed by atoms with Crippen molar-refractivity contribution in [2.45, 2.75) is 32.4 Å². The minimum atomic E-state index is -0.196. The number of pyridine rings is 1. The van der Waals surface area contributed by atoms with Crippen molar-refractivity contribution in [2.75, 3.05) is 42.5 Å². The van der Waals surface area contributed by atoms with Gasteiger partial charge in [0.1, 0.15) is 11.6 Å². The minimum absolute atomic E-state index is 0. The molecule has 2 aromatic rings. The lowest BCUT2D eigenvalue weighted by atomic mass is 10.2. The zero-order valence-corrected chi connectivity index (χ0v) is 20.8. The van der Waals surface area contributed by atoms with Crippen LogP contribution in [-0.2, 0) is 6.54 Å². The van der Waals surface area contributed by atoms with E-state index in [1.54, 1.807) is 0 Å². The molecule has 1 fully saturated rings. The van der Waals surface area contributed by atoms with Crippen LogP contribution in [0.25, 0.3) is 0 Å². The Morgan fingerprint density at radius 1 is 1.06 bits per heavy atom. The first-order valence-electron chi connectivity index (χ1n) is 11.1. The number of hydrogen-bond acceptors (Lipinski definition) is 4. The van der Waals surface area contributed by atoms with E-state index in [0.717, 1.165) is 68.6 Å². The van der Waals surface area contributed by atoms with Gasteiger partial charge in [0.05, 0.1) is 6.54 Å². The number of halogens is 2. The molecule has 0 spiro atoms. The van der Waals surface area contributed by atoms with Gasteiger partial charge in [-0.15, -0.1) is 24.0 Å². The summed E-state index contributed by atoms with van der Waals surface area (Å²) in [5, 5.41) is 6.85. The highest BCUT2D eigenvalue weighted by Crippen LogP contribution is 2.20. The Balaban J connectivity index is 0.00000289. The molecule has 0 unspecified atom stereocenters. The quantitative estimate of drug-likeness (QED) is 0.247. The normalized spacial score (nSPS) is 16.8. The second kappa shape index (κ2) is 12.0. The highest BCUT2D eigenvalue weighted by Gasteiger charge is 2.18. The molecule has 8 heteroatoms. The molecule has 1 saturated heterocycles. The van der Waals surface area contributed by atoms with Crippen molar-refractivity contribution in [3.05, 3.63) is 66.1 Å². The molecular formula is C24H32FIN6. The van der Waals surface area contributed by atoms with Crippen LogP contribution in [-0.4, -0.2) is 49.7 Å². The first-order valence-corrected chi connectivity index (χ1v) is 11.1. The summed E-state index contributed by atoms with van der Waals surface area (Å²) in [7, 11) is 0. The number of guanidine groups is 1. The van der Waals surface area contributed by atoms with Gasteiger partial charge >= 0.3 is 0 Å². The molecule has 1 aliphatic carbocycles. The lowest BCUT2D eigenvalue weighted by Gasteiger charge is -2.36. The number of aromatic nitrogens is 1. The summed E-state index contributed by atoms with van der Waals surface area (Å²) in [6.45, 7) is 7.08. The number of piperazine rings is 1. The van der Waals surface area contributed by atoms with Crippen LogP contribution in [0.2, 0.25) is 0 Å². The molecule has 1 aromatic heterocycles. The Labute approximate surface area is 207 Å². The van der Waals surface area contributed by atoms with Crippen molar-refractivity contribution in [2.24, 2.45) is 4.99 Å². The van der Waals surface area contributed by atoms with Gasteiger partial charge in [-0.05, 0) is 61.7 Å². The molecule has 0 bridgehead atoms. The molecule has 1 aromatic carbocycles. The van der Waals surface area contributed by atoms with E-state index in [9.17, 15) is 4.39 Å². The fourth-order valence-electron chi connectivity index (χ4n) is 4.00. The van der Waals surface area contributed by atoms with Crippen LogP contribution in [0, 0.1) is 5.82 Å². The first-order chi connectivity index (χ1) is 15.2. The van der Waals surface area contributed by atoms with Gasteiger partial charge in [-0.25, -0.2) is 14.4 Å². The predicted octanol–water partition coefficient (Wildman–Crippen LogP) is 3.94. The first kappa shape index (κ1) is 24.3. The highest BCUT2D eigenvalue weighted by molar-refractivity contribution is 14.0. The minimum Gasteiger partial charge on any atom is -0.368 e. The summed E-state index contributed by atoms with van der Waals surface area (Å²) >= 11 is 0. The summed E-state index contributed by atoms with van der Waals surface area (Å²) < 4.78 is 13.2. The number of anilines is 2. The average Bonchev–Trinajstić information content (AvgIpc) is 3.32. The van der Waals surface area contributed by atoms with Crippen LogP contribution >= 0.6 is 24.0 Å². The van der Waals surface area contributed by atoms with Crippen LogP contribution in [0.5, 0.6) is 0 Å². The van der Waals surface area contributed by atoms with E-state index in [-0.39, 0.29) is 29.8 Å². The molecule has 4 rings (SSSR count). The van der Waals surface area contributed by atoms with Crippen LogP contribution in [0.1, 0.15) is 25.3 Å². The predicted molar refractivity (Wildman–Crippen MR) is 141 cm³/mol. The van der Waals surface area contributed by atoms with Crippen LogP contribution < -0.4 is 20.4 Å². The molecule has 6 nitrogen and oxygen atoms in total. The Kier molecular flexibility index (Phi) is 9.13. The zero-order valence-electron chi connectivity index (χ0n) is 18.5. The molecule has 0 saturated carbocycles. The van der Waals surface area contributed by atoms with Gasteiger partial charge < -0.3 is 20.4 Å². The molecule has 2 heterocycles. The maximum atomic E-state index is 13.2. The smallest absolute Gasteiger partial charge is 0.191 e. The van der Waals surface area contributed by atoms with E-state index < -0.39 is 0 Å². The van der Waals surface area contributed by atoms with Gasteiger partial charge in [-0.3, -0.25) is 0 Å². The third-order valence-electron chi connectivity index (χ3n) is 5.72. The molecular weight excluding hydrogens is 518 g/mol. The molecule has 2 aliphatic rings. The van der Waals surface area contributed by atoms with E-state index in [1.807, 2.05) is 24.4 Å². The summed E-state index contributed by atoms with van der Waals surface area (Å²) in [5.74, 6) is 1.66. The van der Waals surface area contributed by atoms with E-state index >= 15 is 0 Å². The molecule has 0 amide bonds. The van der Waals surface area contributed by atoms with Gasteiger partial charge in [0, 0.05) is 50.6 Å². The lowest BCUT2D eigenvalue weighted by molar-refractivity contribution is 0.624. The fraction of sp³-hybridized carbons (Fsp3) is 0.417. The van der Waals surface area contributed by atoms with Crippen molar-refractivity contribution < 1.29 is 4.39 Å². The van der Waals surface area contributed by atoms with E-state index in [4.69, 9.17) is 4.99 Å². The summed E-state index contributed by atoms with van der Waals surface area (Å²) in [6, 6.07) is 11.3. The second-order valence-corrected chi connectivity index (χ2v) is 7.95. The van der Waals surface area contributed by atoms with Gasteiger partial charge in [0.2, 0.25) is 0 Å². The maximum absolute atomic E-state index is 13.2. The van der Waals surface area contributed by atoms with Crippen molar-refractivity contribution in [3.8, 4) is 0 Å². The molecule has 0 radical (unpaired) electrons. The van der Waals surface area contributed by atoms with Crippen molar-refractivity contribution in [3.63, 3.8) is 0 Å². The SMILES string of the molecule is CCNC(=NCc1ccnc(N2CCN(c3ccc(F)cc3)CC2)c1)NC1CC=CC1.I. The number of benzene rings is 1. The summed E-state index contributed by atoms with van der Waals surface area (Å²) in [6.07, 6.45) is 8.40. The largest absolute Gasteiger partial charge is 0.368 e. The number of nitrogens with one attached hydrogen (secondary N) is 2.